The highest BCUT2D eigenvalue weighted by Gasteiger charge is 2.21. The van der Waals surface area contributed by atoms with Gasteiger partial charge in [0.25, 0.3) is 0 Å². The number of hydrogen-bond donors (Lipinski definition) is 0. The van der Waals surface area contributed by atoms with E-state index in [1.54, 1.807) is 0 Å². The van der Waals surface area contributed by atoms with Gasteiger partial charge in [0.1, 0.15) is 18.1 Å². The largest absolute Gasteiger partial charge is 1.00 e. The molecule has 4 aromatic rings. The highest BCUT2D eigenvalue weighted by molar-refractivity contribution is 6.10. The second-order valence-corrected chi connectivity index (χ2v) is 6.57. The van der Waals surface area contributed by atoms with Crippen LogP contribution in [-0.2, 0) is 11.8 Å². The summed E-state index contributed by atoms with van der Waals surface area (Å²) in [6, 6.07) is 19.2. The van der Waals surface area contributed by atoms with E-state index >= 15 is 0 Å². The molecule has 1 aliphatic rings. The van der Waals surface area contributed by atoms with E-state index in [0.29, 0.717) is 0 Å². The van der Waals surface area contributed by atoms with Gasteiger partial charge < -0.3 is 33.6 Å². The first-order valence-electron chi connectivity index (χ1n) is 8.76. The summed E-state index contributed by atoms with van der Waals surface area (Å²) >= 11 is 0. The molecule has 1 aromatic heterocycles. The summed E-state index contributed by atoms with van der Waals surface area (Å²) in [4.78, 5) is 7.42. The molecular weight excluding hydrogens is 437 g/mol. The predicted molar refractivity (Wildman–Crippen MR) is 101 cm³/mol. The monoisotopic (exact) mass is 457 g/mol. The fourth-order valence-electron chi connectivity index (χ4n) is 3.86. The normalized spacial score (nSPS) is 14.7. The molecule has 2 heterocycles. The minimum Gasteiger partial charge on any atom is -1.00 e. The Bertz CT molecular complexity index is 1110. The first-order valence-corrected chi connectivity index (χ1v) is 8.76. The number of benzene rings is 3. The topological polar surface area (TPSA) is 29.2 Å². The molecule has 1 fully saturated rings. The highest BCUT2D eigenvalue weighted by atomic mass is 127. The Balaban J connectivity index is 0.00000168. The van der Waals surface area contributed by atoms with Gasteiger partial charge in [0.05, 0.1) is 18.9 Å². The van der Waals surface area contributed by atoms with Crippen molar-refractivity contribution in [3.8, 4) is 0 Å². The molecule has 0 radical (unpaired) electrons. The van der Waals surface area contributed by atoms with Crippen LogP contribution in [0.25, 0.3) is 32.8 Å². The maximum atomic E-state index is 5.54. The number of aromatic nitrogens is 2. The molecule has 5 heteroatoms. The molecule has 3 aromatic carbocycles. The molecule has 0 bridgehead atoms. The Hall–Kier alpha value is -1.99. The Labute approximate surface area is 169 Å². The third kappa shape index (κ3) is 2.70. The van der Waals surface area contributed by atoms with Crippen molar-refractivity contribution >= 4 is 38.5 Å². The molecule has 26 heavy (non-hydrogen) atoms. The van der Waals surface area contributed by atoms with Crippen LogP contribution in [0.2, 0.25) is 0 Å². The van der Waals surface area contributed by atoms with E-state index in [4.69, 9.17) is 9.72 Å². The molecule has 0 unspecified atom stereocenters. The van der Waals surface area contributed by atoms with Crippen molar-refractivity contribution in [1.29, 1.82) is 0 Å². The summed E-state index contributed by atoms with van der Waals surface area (Å²) in [5.41, 5.74) is 5.69. The van der Waals surface area contributed by atoms with Crippen LogP contribution in [0.1, 0.15) is 0 Å². The second kappa shape index (κ2) is 6.96. The van der Waals surface area contributed by atoms with E-state index in [9.17, 15) is 0 Å². The van der Waals surface area contributed by atoms with E-state index in [1.165, 1.54) is 22.0 Å². The zero-order valence-corrected chi connectivity index (χ0v) is 16.8. The number of anilines is 1. The molecule has 0 spiro atoms. The van der Waals surface area contributed by atoms with E-state index in [2.05, 4.69) is 65.0 Å². The zero-order chi connectivity index (χ0) is 16.8. The van der Waals surface area contributed by atoms with Gasteiger partial charge in [-0.1, -0.05) is 36.4 Å². The van der Waals surface area contributed by atoms with Crippen LogP contribution < -0.4 is 33.4 Å². The van der Waals surface area contributed by atoms with E-state index in [1.807, 2.05) is 6.07 Å². The Morgan fingerprint density at radius 1 is 0.923 bits per heavy atom. The molecule has 1 saturated heterocycles. The summed E-state index contributed by atoms with van der Waals surface area (Å²) in [7, 11) is 2.13. The van der Waals surface area contributed by atoms with Crippen LogP contribution in [0.3, 0.4) is 0 Å². The maximum absolute atomic E-state index is 5.54. The van der Waals surface area contributed by atoms with Crippen molar-refractivity contribution in [2.75, 3.05) is 31.2 Å². The van der Waals surface area contributed by atoms with Crippen LogP contribution in [0.5, 0.6) is 0 Å². The minimum atomic E-state index is 0. The Kier molecular flexibility index (Phi) is 4.67. The number of ether oxygens (including phenoxy) is 1. The number of rotatable bonds is 1. The standard InChI is InChI=1S/C21H20N3O.HI/c1-23-18-9-5-4-8-17(18)22-21-16-7-3-2-6-15(16)19(14-20(21)23)24-10-12-25-13-11-24;/h2-9,14H,10-13H2,1H3;1H/q+1;/p-1. The summed E-state index contributed by atoms with van der Waals surface area (Å²) in [6.45, 7) is 3.43. The van der Waals surface area contributed by atoms with Gasteiger partial charge in [-0.25, -0.2) is 4.98 Å². The van der Waals surface area contributed by atoms with E-state index in [0.717, 1.165) is 42.9 Å². The first-order chi connectivity index (χ1) is 12.3. The fourth-order valence-corrected chi connectivity index (χ4v) is 3.86. The molecule has 0 aliphatic carbocycles. The summed E-state index contributed by atoms with van der Waals surface area (Å²) < 4.78 is 7.80. The van der Waals surface area contributed by atoms with Crippen molar-refractivity contribution < 1.29 is 33.3 Å². The molecule has 1 aliphatic heterocycles. The van der Waals surface area contributed by atoms with Crippen LogP contribution in [0, 0.1) is 0 Å². The van der Waals surface area contributed by atoms with Crippen LogP contribution in [0.4, 0.5) is 5.69 Å². The van der Waals surface area contributed by atoms with Crippen molar-refractivity contribution in [1.82, 2.24) is 4.98 Å². The summed E-state index contributed by atoms with van der Waals surface area (Å²) in [5.74, 6) is 0. The van der Waals surface area contributed by atoms with Crippen molar-refractivity contribution in [2.24, 2.45) is 7.05 Å². The van der Waals surface area contributed by atoms with E-state index in [-0.39, 0.29) is 24.0 Å². The van der Waals surface area contributed by atoms with Gasteiger partial charge in [-0.05, 0) is 6.07 Å². The van der Waals surface area contributed by atoms with Gasteiger partial charge in [-0.2, -0.15) is 4.57 Å². The first kappa shape index (κ1) is 17.4. The average molecular weight is 457 g/mol. The molecule has 5 rings (SSSR count). The van der Waals surface area contributed by atoms with Crippen LogP contribution in [-0.4, -0.2) is 31.3 Å². The fraction of sp³-hybridized carbons (Fsp3) is 0.238. The van der Waals surface area contributed by atoms with Crippen LogP contribution >= 0.6 is 0 Å². The van der Waals surface area contributed by atoms with Gasteiger partial charge >= 0.3 is 0 Å². The number of aryl methyl sites for hydroxylation is 1. The Morgan fingerprint density at radius 3 is 2.42 bits per heavy atom. The average Bonchev–Trinajstić information content (AvgIpc) is 2.68. The molecule has 0 saturated carbocycles. The lowest BCUT2D eigenvalue weighted by atomic mass is 10.0. The minimum absolute atomic E-state index is 0. The summed E-state index contributed by atoms with van der Waals surface area (Å²) in [5, 5.41) is 2.47. The number of fused-ring (bicyclic) bond motifs is 4. The van der Waals surface area contributed by atoms with Gasteiger partial charge in [0.2, 0.25) is 11.0 Å². The lowest BCUT2D eigenvalue weighted by molar-refractivity contribution is -0.617. The van der Waals surface area contributed by atoms with Gasteiger partial charge in [0, 0.05) is 36.0 Å². The molecule has 0 amide bonds. The quantitative estimate of drug-likeness (QED) is 0.177. The number of morpholine rings is 1. The van der Waals surface area contributed by atoms with Crippen molar-refractivity contribution in [3.05, 3.63) is 54.6 Å². The highest BCUT2D eigenvalue weighted by Crippen LogP contribution is 2.33. The molecule has 132 valence electrons. The van der Waals surface area contributed by atoms with E-state index < -0.39 is 0 Å². The molecule has 4 nitrogen and oxygen atoms in total. The second-order valence-electron chi connectivity index (χ2n) is 6.57. The smallest absolute Gasteiger partial charge is 0.234 e. The van der Waals surface area contributed by atoms with Gasteiger partial charge in [0.15, 0.2) is 0 Å². The van der Waals surface area contributed by atoms with Crippen molar-refractivity contribution in [2.45, 2.75) is 0 Å². The predicted octanol–water partition coefficient (Wildman–Crippen LogP) is 0.206. The SMILES string of the molecule is C[n+]1c2ccccc2nc2c3ccccc3c(N3CCOCC3)cc21.[I-]. The number of halogens is 1. The molecule has 0 N–H and O–H groups in total. The number of para-hydroxylation sites is 2. The molecule has 0 atom stereocenters. The van der Waals surface area contributed by atoms with Gasteiger partial charge in [-0.15, -0.1) is 0 Å². The lowest BCUT2D eigenvalue weighted by Crippen LogP contribution is -3.00. The molecular formula is C21H20IN3O. The number of hydrogen-bond acceptors (Lipinski definition) is 3. The van der Waals surface area contributed by atoms with Gasteiger partial charge in [-0.3, -0.25) is 0 Å². The summed E-state index contributed by atoms with van der Waals surface area (Å²) in [6.07, 6.45) is 0. The Morgan fingerprint density at radius 2 is 1.62 bits per heavy atom. The number of nitrogens with zero attached hydrogens (tertiary/aromatic N) is 3. The lowest BCUT2D eigenvalue weighted by Gasteiger charge is -2.29. The maximum Gasteiger partial charge on any atom is 0.234 e. The van der Waals surface area contributed by atoms with Crippen LogP contribution in [0.15, 0.2) is 54.6 Å². The third-order valence-corrected chi connectivity index (χ3v) is 5.16. The third-order valence-electron chi connectivity index (χ3n) is 5.16. The zero-order valence-electron chi connectivity index (χ0n) is 14.7. The van der Waals surface area contributed by atoms with Crippen molar-refractivity contribution in [3.63, 3.8) is 0 Å².